The summed E-state index contributed by atoms with van der Waals surface area (Å²) < 4.78 is 10.2. The van der Waals surface area contributed by atoms with E-state index in [-0.39, 0.29) is 12.4 Å². The number of carbonyl (C=O) groups is 2. The van der Waals surface area contributed by atoms with Crippen LogP contribution in [0.25, 0.3) is 0 Å². The van der Waals surface area contributed by atoms with E-state index in [9.17, 15) is 9.59 Å². The Kier molecular flexibility index (Phi) is 4.66. The van der Waals surface area contributed by atoms with Gasteiger partial charge in [-0.2, -0.15) is 0 Å². The molecule has 0 aliphatic rings. The van der Waals surface area contributed by atoms with Crippen LogP contribution in [0.4, 0.5) is 0 Å². The fourth-order valence-electron chi connectivity index (χ4n) is 1.69. The predicted molar refractivity (Wildman–Crippen MR) is 76.4 cm³/mol. The average molecular weight is 285 g/mol. The Morgan fingerprint density at radius 3 is 2.24 bits per heavy atom. The van der Waals surface area contributed by atoms with E-state index >= 15 is 0 Å². The highest BCUT2D eigenvalue weighted by atomic mass is 16.5. The molecule has 108 valence electrons. The first-order valence-electron chi connectivity index (χ1n) is 6.37. The third-order valence-corrected chi connectivity index (χ3v) is 2.89. The SMILES string of the molecule is COC(=O)c1ccc(COc2ccc(C(C)=O)cc2)nc1. The monoisotopic (exact) mass is 285 g/mol. The van der Waals surface area contributed by atoms with Gasteiger partial charge in [-0.3, -0.25) is 9.78 Å². The van der Waals surface area contributed by atoms with Gasteiger partial charge in [-0.25, -0.2) is 4.79 Å². The average Bonchev–Trinajstić information content (AvgIpc) is 2.53. The van der Waals surface area contributed by atoms with Crippen molar-refractivity contribution in [3.8, 4) is 5.75 Å². The van der Waals surface area contributed by atoms with E-state index in [0.717, 1.165) is 0 Å². The molecule has 0 radical (unpaired) electrons. The van der Waals surface area contributed by atoms with Crippen LogP contribution in [0.1, 0.15) is 33.3 Å². The molecule has 0 amide bonds. The maximum atomic E-state index is 11.3. The Labute approximate surface area is 122 Å². The molecule has 0 unspecified atom stereocenters. The number of rotatable bonds is 5. The van der Waals surface area contributed by atoms with E-state index in [0.29, 0.717) is 22.6 Å². The van der Waals surface area contributed by atoms with Gasteiger partial charge < -0.3 is 9.47 Å². The van der Waals surface area contributed by atoms with Crippen molar-refractivity contribution in [1.82, 2.24) is 4.98 Å². The molecular formula is C16H15NO4. The molecule has 21 heavy (non-hydrogen) atoms. The zero-order valence-electron chi connectivity index (χ0n) is 11.8. The zero-order chi connectivity index (χ0) is 15.2. The van der Waals surface area contributed by atoms with Gasteiger partial charge in [0.1, 0.15) is 12.4 Å². The van der Waals surface area contributed by atoms with Crippen LogP contribution in [0, 0.1) is 0 Å². The molecule has 0 aliphatic heterocycles. The van der Waals surface area contributed by atoms with E-state index in [1.807, 2.05) is 0 Å². The number of ether oxygens (including phenoxy) is 2. The lowest BCUT2D eigenvalue weighted by Crippen LogP contribution is -2.04. The largest absolute Gasteiger partial charge is 0.487 e. The first-order chi connectivity index (χ1) is 10.1. The second-order valence-electron chi connectivity index (χ2n) is 4.40. The van der Waals surface area contributed by atoms with Crippen LogP contribution < -0.4 is 4.74 Å². The van der Waals surface area contributed by atoms with Crippen molar-refractivity contribution in [3.05, 3.63) is 59.4 Å². The summed E-state index contributed by atoms with van der Waals surface area (Å²) in [4.78, 5) is 26.6. The van der Waals surface area contributed by atoms with E-state index in [1.165, 1.54) is 20.2 Å². The molecule has 5 nitrogen and oxygen atoms in total. The number of hydrogen-bond donors (Lipinski definition) is 0. The molecule has 0 saturated carbocycles. The van der Waals surface area contributed by atoms with Crippen molar-refractivity contribution in [2.45, 2.75) is 13.5 Å². The van der Waals surface area contributed by atoms with Gasteiger partial charge in [0.2, 0.25) is 0 Å². The Balaban J connectivity index is 1.96. The fraction of sp³-hybridized carbons (Fsp3) is 0.188. The number of aromatic nitrogens is 1. The summed E-state index contributed by atoms with van der Waals surface area (Å²) in [7, 11) is 1.32. The smallest absolute Gasteiger partial charge is 0.339 e. The maximum Gasteiger partial charge on any atom is 0.339 e. The molecule has 2 aromatic rings. The van der Waals surface area contributed by atoms with Gasteiger partial charge in [0.15, 0.2) is 5.78 Å². The highest BCUT2D eigenvalue weighted by Gasteiger charge is 2.06. The molecular weight excluding hydrogens is 270 g/mol. The third kappa shape index (κ3) is 3.89. The normalized spacial score (nSPS) is 10.0. The van der Waals surface area contributed by atoms with Gasteiger partial charge >= 0.3 is 5.97 Å². The van der Waals surface area contributed by atoms with Crippen LogP contribution in [-0.2, 0) is 11.3 Å². The number of methoxy groups -OCH3 is 1. The molecule has 2 rings (SSSR count). The summed E-state index contributed by atoms with van der Waals surface area (Å²) in [5.41, 5.74) is 1.73. The number of ketones is 1. The lowest BCUT2D eigenvalue weighted by Gasteiger charge is -2.06. The number of benzene rings is 1. The molecule has 5 heteroatoms. The van der Waals surface area contributed by atoms with Gasteiger partial charge in [0.25, 0.3) is 0 Å². The van der Waals surface area contributed by atoms with Gasteiger partial charge in [-0.1, -0.05) is 0 Å². The second-order valence-corrected chi connectivity index (χ2v) is 4.40. The number of pyridine rings is 1. The number of Topliss-reactive ketones (excluding diaryl/α,β-unsaturated/α-hetero) is 1. The van der Waals surface area contributed by atoms with Crippen molar-refractivity contribution in [2.75, 3.05) is 7.11 Å². The topological polar surface area (TPSA) is 65.5 Å². The number of carbonyl (C=O) groups excluding carboxylic acids is 2. The Bertz CT molecular complexity index is 632. The van der Waals surface area contributed by atoms with Crippen molar-refractivity contribution in [3.63, 3.8) is 0 Å². The molecule has 1 heterocycles. The Morgan fingerprint density at radius 1 is 1.05 bits per heavy atom. The molecule has 0 atom stereocenters. The summed E-state index contributed by atoms with van der Waals surface area (Å²) in [5.74, 6) is 0.246. The summed E-state index contributed by atoms with van der Waals surface area (Å²) in [5, 5.41) is 0. The summed E-state index contributed by atoms with van der Waals surface area (Å²) in [6.07, 6.45) is 1.45. The Hall–Kier alpha value is -2.69. The molecule has 0 aliphatic carbocycles. The van der Waals surface area contributed by atoms with E-state index in [1.54, 1.807) is 36.4 Å². The Morgan fingerprint density at radius 2 is 1.71 bits per heavy atom. The van der Waals surface area contributed by atoms with Crippen molar-refractivity contribution in [2.24, 2.45) is 0 Å². The lowest BCUT2D eigenvalue weighted by atomic mass is 10.1. The number of esters is 1. The summed E-state index contributed by atoms with van der Waals surface area (Å²) >= 11 is 0. The second kappa shape index (κ2) is 6.65. The predicted octanol–water partition coefficient (Wildman–Crippen LogP) is 2.65. The standard InChI is InChI=1S/C16H15NO4/c1-11(18)12-4-7-15(8-5-12)21-10-14-6-3-13(9-17-14)16(19)20-2/h3-9H,10H2,1-2H3. The third-order valence-electron chi connectivity index (χ3n) is 2.89. The highest BCUT2D eigenvalue weighted by Crippen LogP contribution is 2.14. The lowest BCUT2D eigenvalue weighted by molar-refractivity contribution is 0.0600. The molecule has 0 fully saturated rings. The summed E-state index contributed by atoms with van der Waals surface area (Å²) in [6, 6.07) is 10.2. The van der Waals surface area contributed by atoms with Crippen LogP contribution in [0.5, 0.6) is 5.75 Å². The molecule has 1 aromatic heterocycles. The van der Waals surface area contributed by atoms with Gasteiger partial charge in [-0.05, 0) is 43.3 Å². The molecule has 1 aromatic carbocycles. The van der Waals surface area contributed by atoms with E-state index in [2.05, 4.69) is 9.72 Å². The minimum absolute atomic E-state index is 0.0154. The van der Waals surface area contributed by atoms with Crippen molar-refractivity contribution >= 4 is 11.8 Å². The van der Waals surface area contributed by atoms with Crippen LogP contribution >= 0.6 is 0 Å². The van der Waals surface area contributed by atoms with E-state index in [4.69, 9.17) is 4.74 Å². The van der Waals surface area contributed by atoms with Crippen LogP contribution in [-0.4, -0.2) is 23.8 Å². The van der Waals surface area contributed by atoms with Crippen molar-refractivity contribution < 1.29 is 19.1 Å². The first kappa shape index (κ1) is 14.7. The minimum atomic E-state index is -0.421. The van der Waals surface area contributed by atoms with Crippen LogP contribution in [0.15, 0.2) is 42.6 Å². The molecule has 0 bridgehead atoms. The van der Waals surface area contributed by atoms with Crippen LogP contribution in [0.2, 0.25) is 0 Å². The van der Waals surface area contributed by atoms with Crippen LogP contribution in [0.3, 0.4) is 0 Å². The van der Waals surface area contributed by atoms with Gasteiger partial charge in [-0.15, -0.1) is 0 Å². The maximum absolute atomic E-state index is 11.3. The number of hydrogen-bond acceptors (Lipinski definition) is 5. The quantitative estimate of drug-likeness (QED) is 0.624. The minimum Gasteiger partial charge on any atom is -0.487 e. The molecule has 0 saturated heterocycles. The fourth-order valence-corrected chi connectivity index (χ4v) is 1.69. The van der Waals surface area contributed by atoms with Gasteiger partial charge in [0.05, 0.1) is 18.4 Å². The highest BCUT2D eigenvalue weighted by molar-refractivity contribution is 5.94. The van der Waals surface area contributed by atoms with E-state index < -0.39 is 5.97 Å². The molecule has 0 spiro atoms. The van der Waals surface area contributed by atoms with Gasteiger partial charge in [0, 0.05) is 11.8 Å². The number of nitrogens with zero attached hydrogens (tertiary/aromatic N) is 1. The first-order valence-corrected chi connectivity index (χ1v) is 6.37. The zero-order valence-corrected chi connectivity index (χ0v) is 11.8. The summed E-state index contributed by atoms with van der Waals surface area (Å²) in [6.45, 7) is 1.80. The van der Waals surface area contributed by atoms with Crippen molar-refractivity contribution in [1.29, 1.82) is 0 Å². The molecule has 0 N–H and O–H groups in total.